The summed E-state index contributed by atoms with van der Waals surface area (Å²) in [5.74, 6) is -2.74. The van der Waals surface area contributed by atoms with E-state index in [0.29, 0.717) is 18.8 Å². The predicted molar refractivity (Wildman–Crippen MR) is 100 cm³/mol. The van der Waals surface area contributed by atoms with E-state index < -0.39 is 12.1 Å². The van der Waals surface area contributed by atoms with Crippen LogP contribution in [-0.2, 0) is 22.5 Å². The molecule has 0 aliphatic carbocycles. The van der Waals surface area contributed by atoms with Gasteiger partial charge >= 0.3 is 12.1 Å². The Labute approximate surface area is 175 Å². The van der Waals surface area contributed by atoms with E-state index in [2.05, 4.69) is 24.6 Å². The number of rotatable bonds is 4. The van der Waals surface area contributed by atoms with E-state index in [1.807, 2.05) is 11.2 Å². The molecule has 170 valence electrons. The van der Waals surface area contributed by atoms with Gasteiger partial charge in [-0.3, -0.25) is 14.8 Å². The van der Waals surface area contributed by atoms with Crippen LogP contribution in [0.3, 0.4) is 0 Å². The Bertz CT molecular complexity index is 899. The fourth-order valence-electron chi connectivity index (χ4n) is 3.68. The van der Waals surface area contributed by atoms with E-state index in [1.54, 1.807) is 19.4 Å². The number of imidazole rings is 1. The molecule has 1 fully saturated rings. The van der Waals surface area contributed by atoms with Crippen molar-refractivity contribution in [1.82, 2.24) is 29.5 Å². The topological polar surface area (TPSA) is 117 Å². The van der Waals surface area contributed by atoms with Gasteiger partial charge in [0.2, 0.25) is 0 Å². The van der Waals surface area contributed by atoms with Crippen LogP contribution in [0.25, 0.3) is 0 Å². The number of methoxy groups -OCH3 is 1. The first-order valence-corrected chi connectivity index (χ1v) is 9.58. The molecule has 0 aromatic carbocycles. The van der Waals surface area contributed by atoms with Crippen LogP contribution in [0.15, 0.2) is 18.6 Å². The van der Waals surface area contributed by atoms with E-state index in [-0.39, 0.29) is 11.9 Å². The number of ether oxygens (including phenoxy) is 1. The summed E-state index contributed by atoms with van der Waals surface area (Å²) in [5, 5.41) is 13.8. The summed E-state index contributed by atoms with van der Waals surface area (Å²) in [4.78, 5) is 30.5. The van der Waals surface area contributed by atoms with Crippen molar-refractivity contribution in [2.45, 2.75) is 25.2 Å². The third-order valence-corrected chi connectivity index (χ3v) is 5.22. The van der Waals surface area contributed by atoms with Crippen molar-refractivity contribution in [2.75, 3.05) is 39.9 Å². The van der Waals surface area contributed by atoms with Crippen LogP contribution < -0.4 is 0 Å². The molecule has 31 heavy (non-hydrogen) atoms. The molecule has 1 atom stereocenters. The molecule has 2 aliphatic heterocycles. The molecule has 0 bridgehead atoms. The molecule has 2 aromatic heterocycles. The number of nitrogens with zero attached hydrogens (tertiary/aromatic N) is 5. The summed E-state index contributed by atoms with van der Waals surface area (Å²) >= 11 is 0. The summed E-state index contributed by atoms with van der Waals surface area (Å²) in [6.45, 7) is 4.82. The fourth-order valence-corrected chi connectivity index (χ4v) is 3.68. The standard InChI is InChI=1S/C16H22N6O2.C2HF3O2/c1-24-9-8-22-11-17-15-13(22)3-5-20-6-7-21(10-14(15)20)16(23)12-2-4-18-19-12;3-2(4,5)1(6)7/h2,4,11,14H,3,5-10H2,1H3,(H,18,19);(H,6,7). The van der Waals surface area contributed by atoms with Crippen molar-refractivity contribution in [3.05, 3.63) is 35.7 Å². The quantitative estimate of drug-likeness (QED) is 0.721. The van der Waals surface area contributed by atoms with Crippen LogP contribution in [-0.4, -0.2) is 92.6 Å². The number of hydrogen-bond donors (Lipinski definition) is 2. The van der Waals surface area contributed by atoms with Gasteiger partial charge in [0.15, 0.2) is 0 Å². The zero-order chi connectivity index (χ0) is 22.6. The molecular weight excluding hydrogens is 421 g/mol. The van der Waals surface area contributed by atoms with Gasteiger partial charge in [-0.2, -0.15) is 18.3 Å². The van der Waals surface area contributed by atoms with Crippen LogP contribution in [0, 0.1) is 0 Å². The minimum atomic E-state index is -5.08. The third-order valence-electron chi connectivity index (χ3n) is 5.22. The number of carbonyl (C=O) groups is 2. The highest BCUT2D eigenvalue weighted by atomic mass is 19.4. The first-order chi connectivity index (χ1) is 14.7. The number of carbonyl (C=O) groups excluding carboxylic acids is 1. The minimum absolute atomic E-state index is 0.0121. The lowest BCUT2D eigenvalue weighted by Gasteiger charge is -2.43. The third kappa shape index (κ3) is 5.22. The Morgan fingerprint density at radius 3 is 2.68 bits per heavy atom. The van der Waals surface area contributed by atoms with E-state index in [1.165, 1.54) is 5.69 Å². The number of piperazine rings is 1. The smallest absolute Gasteiger partial charge is 0.475 e. The molecule has 4 rings (SSSR count). The van der Waals surface area contributed by atoms with Crippen molar-refractivity contribution in [1.29, 1.82) is 0 Å². The summed E-state index contributed by atoms with van der Waals surface area (Å²) in [6, 6.07) is 1.90. The Balaban J connectivity index is 0.000000339. The number of aromatic nitrogens is 4. The van der Waals surface area contributed by atoms with Crippen LogP contribution >= 0.6 is 0 Å². The van der Waals surface area contributed by atoms with E-state index >= 15 is 0 Å². The van der Waals surface area contributed by atoms with Gasteiger partial charge in [-0.1, -0.05) is 0 Å². The zero-order valence-electron chi connectivity index (χ0n) is 16.8. The largest absolute Gasteiger partial charge is 0.490 e. The molecule has 2 aromatic rings. The van der Waals surface area contributed by atoms with E-state index in [4.69, 9.17) is 14.6 Å². The number of nitrogens with one attached hydrogen (secondary N) is 1. The first kappa shape index (κ1) is 22.7. The molecular formula is C18H23F3N6O4. The number of carboxylic acids is 1. The number of hydrogen-bond acceptors (Lipinski definition) is 6. The van der Waals surface area contributed by atoms with Crippen LogP contribution in [0.2, 0.25) is 0 Å². The van der Waals surface area contributed by atoms with Crippen molar-refractivity contribution < 1.29 is 32.6 Å². The maximum atomic E-state index is 12.6. The lowest BCUT2D eigenvalue weighted by atomic mass is 9.99. The van der Waals surface area contributed by atoms with Crippen molar-refractivity contribution in [2.24, 2.45) is 0 Å². The molecule has 0 saturated carbocycles. The van der Waals surface area contributed by atoms with Gasteiger partial charge in [-0.25, -0.2) is 9.78 Å². The van der Waals surface area contributed by atoms with Crippen LogP contribution in [0.1, 0.15) is 27.9 Å². The molecule has 1 amide bonds. The Morgan fingerprint density at radius 1 is 1.32 bits per heavy atom. The summed E-state index contributed by atoms with van der Waals surface area (Å²) in [7, 11) is 1.71. The van der Waals surface area contributed by atoms with Gasteiger partial charge in [-0.05, 0) is 6.07 Å². The number of aliphatic carboxylic acids is 1. The summed E-state index contributed by atoms with van der Waals surface area (Å²) in [6.07, 6.45) is -0.563. The number of aromatic amines is 1. The number of fused-ring (bicyclic) bond motifs is 3. The highest BCUT2D eigenvalue weighted by Gasteiger charge is 2.38. The molecule has 10 nitrogen and oxygen atoms in total. The summed E-state index contributed by atoms with van der Waals surface area (Å²) < 4.78 is 39.1. The lowest BCUT2D eigenvalue weighted by molar-refractivity contribution is -0.192. The van der Waals surface area contributed by atoms with Gasteiger partial charge in [0.05, 0.1) is 24.7 Å². The highest BCUT2D eigenvalue weighted by Crippen LogP contribution is 2.32. The van der Waals surface area contributed by atoms with E-state index in [0.717, 1.165) is 38.3 Å². The normalized spacial score (nSPS) is 18.6. The Morgan fingerprint density at radius 2 is 2.06 bits per heavy atom. The number of carboxylic acid groups (broad SMARTS) is 1. The van der Waals surface area contributed by atoms with E-state index in [9.17, 15) is 18.0 Å². The lowest BCUT2D eigenvalue weighted by Crippen LogP contribution is -2.52. The Kier molecular flexibility index (Phi) is 6.95. The SMILES string of the molecule is COCCn1cnc2c1CCN1CCN(C(=O)c3ccn[nH]3)CC21.O=C(O)C(F)(F)F. The highest BCUT2D eigenvalue weighted by molar-refractivity contribution is 5.92. The number of amides is 1. The molecule has 0 spiro atoms. The van der Waals surface area contributed by atoms with Gasteiger partial charge in [0.25, 0.3) is 5.91 Å². The maximum absolute atomic E-state index is 12.6. The Hall–Kier alpha value is -2.93. The second-order valence-electron chi connectivity index (χ2n) is 7.09. The minimum Gasteiger partial charge on any atom is -0.475 e. The van der Waals surface area contributed by atoms with Gasteiger partial charge in [0, 0.05) is 58.1 Å². The number of alkyl halides is 3. The average molecular weight is 444 g/mol. The van der Waals surface area contributed by atoms with Crippen molar-refractivity contribution in [3.63, 3.8) is 0 Å². The number of H-pyrrole nitrogens is 1. The van der Waals surface area contributed by atoms with Crippen molar-refractivity contribution in [3.8, 4) is 0 Å². The second kappa shape index (κ2) is 9.47. The van der Waals surface area contributed by atoms with Gasteiger partial charge in [-0.15, -0.1) is 0 Å². The molecule has 2 N–H and O–H groups in total. The fraction of sp³-hybridized carbons (Fsp3) is 0.556. The van der Waals surface area contributed by atoms with Gasteiger partial charge in [0.1, 0.15) is 5.69 Å². The first-order valence-electron chi connectivity index (χ1n) is 9.58. The molecule has 2 aliphatic rings. The van der Waals surface area contributed by atoms with Crippen molar-refractivity contribution >= 4 is 11.9 Å². The molecule has 4 heterocycles. The summed E-state index contributed by atoms with van der Waals surface area (Å²) in [5.41, 5.74) is 2.94. The molecule has 13 heteroatoms. The zero-order valence-corrected chi connectivity index (χ0v) is 16.8. The number of halogens is 3. The molecule has 1 unspecified atom stereocenters. The van der Waals surface area contributed by atoms with Crippen LogP contribution in [0.5, 0.6) is 0 Å². The van der Waals surface area contributed by atoms with Gasteiger partial charge < -0.3 is 19.3 Å². The maximum Gasteiger partial charge on any atom is 0.490 e. The molecule has 0 radical (unpaired) electrons. The monoisotopic (exact) mass is 444 g/mol. The van der Waals surface area contributed by atoms with Crippen LogP contribution in [0.4, 0.5) is 13.2 Å². The molecule has 1 saturated heterocycles. The average Bonchev–Trinajstić information content (AvgIpc) is 3.41. The predicted octanol–water partition coefficient (Wildman–Crippen LogP) is 0.941. The second-order valence-corrected chi connectivity index (χ2v) is 7.09.